The molecule has 1 unspecified atom stereocenters. The molecule has 5 nitrogen and oxygen atoms in total. The Bertz CT molecular complexity index is 437. The van der Waals surface area contributed by atoms with E-state index in [1.807, 2.05) is 0 Å². The molecule has 18 heavy (non-hydrogen) atoms. The summed E-state index contributed by atoms with van der Waals surface area (Å²) in [5.74, 6) is -0.284. The molecule has 0 saturated carbocycles. The van der Waals surface area contributed by atoms with Crippen molar-refractivity contribution < 1.29 is 14.3 Å². The number of halogens is 1. The zero-order valence-electron chi connectivity index (χ0n) is 9.98. The molecule has 1 aromatic rings. The van der Waals surface area contributed by atoms with Crippen LogP contribution in [0.25, 0.3) is 0 Å². The molecule has 0 saturated heterocycles. The molecule has 1 aromatic carbocycles. The van der Waals surface area contributed by atoms with Crippen molar-refractivity contribution in [3.05, 3.63) is 24.3 Å². The third-order valence-corrected chi connectivity index (χ3v) is 2.62. The third-order valence-electron chi connectivity index (χ3n) is 2.16. The molecule has 0 aliphatic rings. The van der Waals surface area contributed by atoms with E-state index in [0.717, 1.165) is 0 Å². The number of carbonyl (C=O) groups excluding carboxylic acids is 2. The Morgan fingerprint density at radius 2 is 2.22 bits per heavy atom. The van der Waals surface area contributed by atoms with Gasteiger partial charge in [-0.05, 0) is 12.1 Å². The van der Waals surface area contributed by atoms with E-state index in [2.05, 4.69) is 5.32 Å². The summed E-state index contributed by atoms with van der Waals surface area (Å²) in [6, 6.07) is 6.71. The molecule has 0 heterocycles. The van der Waals surface area contributed by atoms with Crippen molar-refractivity contribution >= 4 is 29.1 Å². The van der Waals surface area contributed by atoms with Crippen molar-refractivity contribution in [2.24, 2.45) is 11.7 Å². The number of anilines is 1. The maximum absolute atomic E-state index is 11.6. The van der Waals surface area contributed by atoms with Crippen LogP contribution in [0.4, 0.5) is 5.69 Å². The van der Waals surface area contributed by atoms with Gasteiger partial charge < -0.3 is 15.8 Å². The maximum atomic E-state index is 11.6. The molecule has 1 rings (SSSR count). The summed E-state index contributed by atoms with van der Waals surface area (Å²) in [4.78, 5) is 22.2. The van der Waals surface area contributed by atoms with E-state index in [1.165, 1.54) is 0 Å². The van der Waals surface area contributed by atoms with Crippen molar-refractivity contribution in [1.29, 1.82) is 0 Å². The number of ether oxygens (including phenoxy) is 1. The number of amides is 2. The van der Waals surface area contributed by atoms with Gasteiger partial charge in [0.2, 0.25) is 5.91 Å². The fraction of sp³-hybridized carbons (Fsp3) is 0.333. The summed E-state index contributed by atoms with van der Waals surface area (Å²) in [7, 11) is 0. The van der Waals surface area contributed by atoms with E-state index < -0.39 is 5.91 Å². The Morgan fingerprint density at radius 3 is 2.83 bits per heavy atom. The highest BCUT2D eigenvalue weighted by Gasteiger charge is 2.11. The Morgan fingerprint density at radius 1 is 1.50 bits per heavy atom. The second-order valence-corrected chi connectivity index (χ2v) is 4.14. The smallest absolute Gasteiger partial charge is 0.255 e. The summed E-state index contributed by atoms with van der Waals surface area (Å²) in [5.41, 5.74) is 5.55. The fourth-order valence-corrected chi connectivity index (χ4v) is 1.29. The highest BCUT2D eigenvalue weighted by Crippen LogP contribution is 2.18. The summed E-state index contributed by atoms with van der Waals surface area (Å²) in [6.45, 7) is 1.53. The van der Waals surface area contributed by atoms with E-state index in [-0.39, 0.29) is 24.3 Å². The van der Waals surface area contributed by atoms with Crippen LogP contribution in [0.3, 0.4) is 0 Å². The van der Waals surface area contributed by atoms with Crippen molar-refractivity contribution in [3.63, 3.8) is 0 Å². The van der Waals surface area contributed by atoms with Crippen LogP contribution in [0.15, 0.2) is 24.3 Å². The van der Waals surface area contributed by atoms with Crippen LogP contribution in [-0.2, 0) is 9.59 Å². The van der Waals surface area contributed by atoms with Gasteiger partial charge in [-0.1, -0.05) is 13.0 Å². The van der Waals surface area contributed by atoms with E-state index in [1.54, 1.807) is 31.2 Å². The van der Waals surface area contributed by atoms with Crippen LogP contribution in [0, 0.1) is 5.92 Å². The second-order valence-electron chi connectivity index (χ2n) is 3.83. The lowest BCUT2D eigenvalue weighted by Gasteiger charge is -2.10. The van der Waals surface area contributed by atoms with E-state index in [4.69, 9.17) is 22.1 Å². The summed E-state index contributed by atoms with van der Waals surface area (Å²) in [5, 5.41) is 2.70. The molecular weight excluding hydrogens is 256 g/mol. The zero-order chi connectivity index (χ0) is 13.5. The molecule has 6 heteroatoms. The van der Waals surface area contributed by atoms with Gasteiger partial charge in [-0.25, -0.2) is 0 Å². The third kappa shape index (κ3) is 4.63. The normalized spacial score (nSPS) is 11.7. The predicted octanol–water partition coefficient (Wildman–Crippen LogP) is 1.36. The molecule has 0 aromatic heterocycles. The van der Waals surface area contributed by atoms with Crippen molar-refractivity contribution in [1.82, 2.24) is 0 Å². The summed E-state index contributed by atoms with van der Waals surface area (Å²) in [6.07, 6.45) is 0. The first-order valence-corrected chi connectivity index (χ1v) is 5.94. The van der Waals surface area contributed by atoms with Crippen molar-refractivity contribution in [3.8, 4) is 5.75 Å². The molecule has 2 amide bonds. The quantitative estimate of drug-likeness (QED) is 0.766. The van der Waals surface area contributed by atoms with E-state index in [9.17, 15) is 9.59 Å². The van der Waals surface area contributed by atoms with Gasteiger partial charge in [0.1, 0.15) is 5.75 Å². The largest absolute Gasteiger partial charge is 0.484 e. The average Bonchev–Trinajstić information content (AvgIpc) is 2.35. The predicted molar refractivity (Wildman–Crippen MR) is 69.6 cm³/mol. The van der Waals surface area contributed by atoms with Gasteiger partial charge >= 0.3 is 0 Å². The lowest BCUT2D eigenvalue weighted by Crippen LogP contribution is -2.22. The highest BCUT2D eigenvalue weighted by atomic mass is 35.5. The summed E-state index contributed by atoms with van der Waals surface area (Å²) < 4.78 is 5.12. The van der Waals surface area contributed by atoms with Gasteiger partial charge in [-0.2, -0.15) is 0 Å². The number of alkyl halides is 1. The Kier molecular flexibility index (Phi) is 5.45. The van der Waals surface area contributed by atoms with Crippen LogP contribution in [-0.4, -0.2) is 24.3 Å². The molecule has 0 spiro atoms. The number of rotatable bonds is 6. The van der Waals surface area contributed by atoms with Crippen LogP contribution in [0.1, 0.15) is 6.92 Å². The van der Waals surface area contributed by atoms with Gasteiger partial charge in [0, 0.05) is 23.6 Å². The standard InChI is InChI=1S/C12H15ClN2O3/c1-8(6-13)12(17)15-9-3-2-4-10(5-9)18-7-11(14)16/h2-5,8H,6-7H2,1H3,(H2,14,16)(H,15,17). The minimum Gasteiger partial charge on any atom is -0.484 e. The Balaban J connectivity index is 2.64. The van der Waals surface area contributed by atoms with Crippen LogP contribution in [0.2, 0.25) is 0 Å². The molecule has 0 aliphatic carbocycles. The monoisotopic (exact) mass is 270 g/mol. The minimum atomic E-state index is -0.555. The number of nitrogens with one attached hydrogen (secondary N) is 1. The van der Waals surface area contributed by atoms with Gasteiger partial charge in [-0.15, -0.1) is 11.6 Å². The Labute approximate surface area is 110 Å². The molecule has 98 valence electrons. The lowest BCUT2D eigenvalue weighted by atomic mass is 10.2. The first-order chi connectivity index (χ1) is 8.52. The number of nitrogens with two attached hydrogens (primary N) is 1. The molecule has 0 aliphatic heterocycles. The Hall–Kier alpha value is -1.75. The van der Waals surface area contributed by atoms with E-state index in [0.29, 0.717) is 11.4 Å². The van der Waals surface area contributed by atoms with Crippen molar-refractivity contribution in [2.45, 2.75) is 6.92 Å². The first-order valence-electron chi connectivity index (χ1n) is 5.41. The molecule has 0 radical (unpaired) electrons. The molecule has 0 fully saturated rings. The minimum absolute atomic E-state index is 0.169. The average molecular weight is 271 g/mol. The van der Waals surface area contributed by atoms with Crippen LogP contribution in [0.5, 0.6) is 5.75 Å². The van der Waals surface area contributed by atoms with Gasteiger partial charge in [0.05, 0.1) is 0 Å². The molecular formula is C12H15ClN2O3. The van der Waals surface area contributed by atoms with Crippen LogP contribution >= 0.6 is 11.6 Å². The molecule has 0 bridgehead atoms. The summed E-state index contributed by atoms with van der Waals surface area (Å²) >= 11 is 5.59. The van der Waals surface area contributed by atoms with E-state index >= 15 is 0 Å². The number of benzene rings is 1. The number of hydrogen-bond donors (Lipinski definition) is 2. The van der Waals surface area contributed by atoms with Crippen LogP contribution < -0.4 is 15.8 Å². The SMILES string of the molecule is CC(CCl)C(=O)Nc1cccc(OCC(N)=O)c1. The topological polar surface area (TPSA) is 81.4 Å². The zero-order valence-corrected chi connectivity index (χ0v) is 10.7. The maximum Gasteiger partial charge on any atom is 0.255 e. The lowest BCUT2D eigenvalue weighted by molar-refractivity contribution is -0.120. The first kappa shape index (κ1) is 14.3. The molecule has 3 N–H and O–H groups in total. The number of carbonyl (C=O) groups is 2. The van der Waals surface area contributed by atoms with Crippen molar-refractivity contribution in [2.75, 3.05) is 17.8 Å². The number of hydrogen-bond acceptors (Lipinski definition) is 3. The molecule has 1 atom stereocenters. The van der Waals surface area contributed by atoms with Gasteiger partial charge in [0.15, 0.2) is 6.61 Å². The van der Waals surface area contributed by atoms with Gasteiger partial charge in [0.25, 0.3) is 5.91 Å². The number of primary amides is 1. The fourth-order valence-electron chi connectivity index (χ4n) is 1.15. The second kappa shape index (κ2) is 6.86. The van der Waals surface area contributed by atoms with Gasteiger partial charge in [-0.3, -0.25) is 9.59 Å². The highest BCUT2D eigenvalue weighted by molar-refractivity contribution is 6.19.